The van der Waals surface area contributed by atoms with Crippen molar-refractivity contribution in [3.8, 4) is 5.75 Å². The van der Waals surface area contributed by atoms with Gasteiger partial charge in [0.2, 0.25) is 0 Å². The first-order valence-electron chi connectivity index (χ1n) is 9.87. The summed E-state index contributed by atoms with van der Waals surface area (Å²) < 4.78 is 5.85. The van der Waals surface area contributed by atoms with Crippen LogP contribution in [-0.4, -0.2) is 16.0 Å². The van der Waals surface area contributed by atoms with E-state index in [4.69, 9.17) is 27.9 Å². The summed E-state index contributed by atoms with van der Waals surface area (Å²) >= 11 is 13.1. The van der Waals surface area contributed by atoms with Crippen molar-refractivity contribution in [2.75, 3.05) is 0 Å². The molecule has 0 radical (unpaired) electrons. The number of carbonyl (C=O) groups excluding carboxylic acids is 2. The molecule has 1 heterocycles. The molecule has 0 unspecified atom stereocenters. The predicted molar refractivity (Wildman–Crippen MR) is 130 cm³/mol. The van der Waals surface area contributed by atoms with E-state index in [1.807, 2.05) is 61.5 Å². The number of halogens is 2. The van der Waals surface area contributed by atoms with E-state index in [9.17, 15) is 9.59 Å². The van der Waals surface area contributed by atoms with Crippen LogP contribution in [0.2, 0.25) is 10.0 Å². The summed E-state index contributed by atoms with van der Waals surface area (Å²) in [6, 6.07) is 20.4. The third kappa shape index (κ3) is 5.36. The molecule has 4 nitrogen and oxygen atoms in total. The third-order valence-corrected chi connectivity index (χ3v) is 6.36. The Morgan fingerprint density at radius 2 is 1.81 bits per heavy atom. The summed E-state index contributed by atoms with van der Waals surface area (Å²) in [6.07, 6.45) is 1.71. The van der Waals surface area contributed by atoms with Gasteiger partial charge in [-0.15, -0.1) is 0 Å². The Bertz CT molecular complexity index is 1230. The summed E-state index contributed by atoms with van der Waals surface area (Å²) in [7, 11) is 0. The molecule has 7 heteroatoms. The monoisotopic (exact) mass is 483 g/mol. The molecule has 0 bridgehead atoms. The molecule has 0 saturated carbocycles. The predicted octanol–water partition coefficient (Wildman–Crippen LogP) is 7.12. The van der Waals surface area contributed by atoms with Gasteiger partial charge in [-0.25, -0.2) is 0 Å². The van der Waals surface area contributed by atoms with Gasteiger partial charge in [-0.3, -0.25) is 14.5 Å². The zero-order chi connectivity index (χ0) is 22.7. The van der Waals surface area contributed by atoms with Crippen molar-refractivity contribution in [2.24, 2.45) is 0 Å². The number of aryl methyl sites for hydroxylation is 1. The minimum Gasteiger partial charge on any atom is -0.489 e. The topological polar surface area (TPSA) is 46.6 Å². The molecule has 1 aliphatic heterocycles. The molecule has 4 rings (SSSR count). The first-order chi connectivity index (χ1) is 15.4. The molecule has 0 atom stereocenters. The Balaban J connectivity index is 1.46. The molecule has 1 aliphatic rings. The number of imide groups is 1. The van der Waals surface area contributed by atoms with Gasteiger partial charge in [0.25, 0.3) is 11.1 Å². The lowest BCUT2D eigenvalue weighted by Gasteiger charge is -2.12. The third-order valence-electron chi connectivity index (χ3n) is 4.86. The van der Waals surface area contributed by atoms with Crippen molar-refractivity contribution in [3.63, 3.8) is 0 Å². The van der Waals surface area contributed by atoms with Gasteiger partial charge in [0.15, 0.2) is 0 Å². The van der Waals surface area contributed by atoms with Crippen LogP contribution in [0.4, 0.5) is 4.79 Å². The van der Waals surface area contributed by atoms with Crippen LogP contribution in [-0.2, 0) is 17.9 Å². The van der Waals surface area contributed by atoms with E-state index < -0.39 is 0 Å². The van der Waals surface area contributed by atoms with Crippen LogP contribution >= 0.6 is 35.0 Å². The first kappa shape index (κ1) is 22.5. The molecule has 32 heavy (non-hydrogen) atoms. The summed E-state index contributed by atoms with van der Waals surface area (Å²) in [5, 5.41) is 0.834. The normalized spacial score (nSPS) is 15.0. The largest absolute Gasteiger partial charge is 0.489 e. The van der Waals surface area contributed by atoms with Crippen molar-refractivity contribution in [3.05, 3.63) is 104 Å². The molecule has 0 aromatic heterocycles. The zero-order valence-electron chi connectivity index (χ0n) is 17.2. The maximum atomic E-state index is 12.8. The van der Waals surface area contributed by atoms with E-state index in [0.717, 1.165) is 34.0 Å². The Labute approximate surface area is 200 Å². The van der Waals surface area contributed by atoms with E-state index in [1.54, 1.807) is 18.2 Å². The lowest BCUT2D eigenvalue weighted by Crippen LogP contribution is -2.27. The zero-order valence-corrected chi connectivity index (χ0v) is 19.5. The number of benzene rings is 3. The Hall–Kier alpha value is -2.73. The van der Waals surface area contributed by atoms with Crippen LogP contribution in [0.3, 0.4) is 0 Å². The highest BCUT2D eigenvalue weighted by Crippen LogP contribution is 2.34. The number of hydrogen-bond acceptors (Lipinski definition) is 4. The van der Waals surface area contributed by atoms with Gasteiger partial charge >= 0.3 is 0 Å². The maximum Gasteiger partial charge on any atom is 0.293 e. The van der Waals surface area contributed by atoms with Crippen LogP contribution < -0.4 is 4.74 Å². The van der Waals surface area contributed by atoms with Crippen LogP contribution in [0.15, 0.2) is 71.6 Å². The summed E-state index contributed by atoms with van der Waals surface area (Å²) in [5.41, 5.74) is 3.59. The second-order valence-electron chi connectivity index (χ2n) is 7.35. The average molecular weight is 484 g/mol. The molecular weight excluding hydrogens is 465 g/mol. The van der Waals surface area contributed by atoms with Crippen molar-refractivity contribution in [1.82, 2.24) is 4.90 Å². The second kappa shape index (κ2) is 9.82. The molecule has 3 aromatic rings. The second-order valence-corrected chi connectivity index (χ2v) is 9.19. The molecule has 0 spiro atoms. The van der Waals surface area contributed by atoms with Crippen molar-refractivity contribution >= 4 is 52.2 Å². The number of thioether (sulfide) groups is 1. The van der Waals surface area contributed by atoms with Crippen LogP contribution in [0.1, 0.15) is 22.3 Å². The van der Waals surface area contributed by atoms with E-state index in [0.29, 0.717) is 20.7 Å². The first-order valence-corrected chi connectivity index (χ1v) is 11.4. The van der Waals surface area contributed by atoms with Gasteiger partial charge in [-0.05, 0) is 60.2 Å². The number of carbonyl (C=O) groups is 2. The Morgan fingerprint density at radius 1 is 1.00 bits per heavy atom. The molecule has 1 fully saturated rings. The van der Waals surface area contributed by atoms with Crippen LogP contribution in [0.25, 0.3) is 6.08 Å². The quantitative estimate of drug-likeness (QED) is 0.350. The van der Waals surface area contributed by atoms with Gasteiger partial charge in [-0.1, -0.05) is 71.2 Å². The highest BCUT2D eigenvalue weighted by Gasteiger charge is 2.34. The number of amides is 2. The maximum absolute atomic E-state index is 12.8. The van der Waals surface area contributed by atoms with E-state index in [2.05, 4.69) is 0 Å². The average Bonchev–Trinajstić information content (AvgIpc) is 3.01. The molecule has 0 N–H and O–H groups in total. The van der Waals surface area contributed by atoms with Crippen LogP contribution in [0, 0.1) is 6.92 Å². The van der Waals surface area contributed by atoms with Gasteiger partial charge in [0.1, 0.15) is 12.4 Å². The van der Waals surface area contributed by atoms with E-state index in [1.165, 1.54) is 4.90 Å². The fourth-order valence-electron chi connectivity index (χ4n) is 3.27. The smallest absolute Gasteiger partial charge is 0.293 e. The molecule has 162 valence electrons. The summed E-state index contributed by atoms with van der Waals surface area (Å²) in [4.78, 5) is 26.9. The Morgan fingerprint density at radius 3 is 2.59 bits per heavy atom. The lowest BCUT2D eigenvalue weighted by atomic mass is 10.1. The molecule has 3 aromatic carbocycles. The van der Waals surface area contributed by atoms with Gasteiger partial charge in [0, 0.05) is 15.6 Å². The molecule has 0 aliphatic carbocycles. The molecule has 1 saturated heterocycles. The summed E-state index contributed by atoms with van der Waals surface area (Å²) in [6.45, 7) is 2.52. The highest BCUT2D eigenvalue weighted by atomic mass is 35.5. The molecule has 2 amide bonds. The molecular formula is C25H19Cl2NO3S. The highest BCUT2D eigenvalue weighted by molar-refractivity contribution is 8.18. The Kier molecular flexibility index (Phi) is 6.89. The van der Waals surface area contributed by atoms with Crippen molar-refractivity contribution < 1.29 is 14.3 Å². The lowest BCUT2D eigenvalue weighted by molar-refractivity contribution is -0.123. The van der Waals surface area contributed by atoms with E-state index >= 15 is 0 Å². The number of ether oxygens (including phenoxy) is 1. The minimum absolute atomic E-state index is 0.259. The summed E-state index contributed by atoms with van der Waals surface area (Å²) in [5.74, 6) is 0.338. The number of nitrogens with zero attached hydrogens (tertiary/aromatic N) is 1. The van der Waals surface area contributed by atoms with Gasteiger partial charge < -0.3 is 4.74 Å². The van der Waals surface area contributed by atoms with E-state index in [-0.39, 0.29) is 24.3 Å². The van der Waals surface area contributed by atoms with Gasteiger partial charge in [-0.2, -0.15) is 0 Å². The number of hydrogen-bond donors (Lipinski definition) is 0. The minimum atomic E-state index is -0.291. The van der Waals surface area contributed by atoms with Crippen LogP contribution in [0.5, 0.6) is 5.75 Å². The van der Waals surface area contributed by atoms with Crippen molar-refractivity contribution in [1.29, 1.82) is 0 Å². The van der Waals surface area contributed by atoms with Gasteiger partial charge in [0.05, 0.1) is 11.4 Å². The SMILES string of the molecule is Cc1cccc(CN2C(=O)S/C(=C/c3cccc(OCc4ccc(Cl)cc4Cl)c3)C2=O)c1. The fourth-order valence-corrected chi connectivity index (χ4v) is 4.58. The fraction of sp³-hybridized carbons (Fsp3) is 0.120. The standard InChI is InChI=1S/C25H19Cl2NO3S/c1-16-4-2-6-18(10-16)14-28-24(29)23(32-25(28)30)12-17-5-3-7-21(11-17)31-15-19-8-9-20(26)13-22(19)27/h2-13H,14-15H2,1H3/b23-12+. The van der Waals surface area contributed by atoms with Crippen molar-refractivity contribution in [2.45, 2.75) is 20.1 Å². The number of rotatable bonds is 6.